The molecule has 1 heterocycles. The summed E-state index contributed by atoms with van der Waals surface area (Å²) in [6.07, 6.45) is 3.69. The fourth-order valence-corrected chi connectivity index (χ4v) is 1.03. The lowest BCUT2D eigenvalue weighted by atomic mass is 10.2. The monoisotopic (exact) mass is 132 g/mol. The fraction of sp³-hybridized carbons (Fsp3) is 0. The van der Waals surface area contributed by atoms with Crippen LogP contribution in [0.5, 0.6) is 5.75 Å². The second-order valence-corrected chi connectivity index (χ2v) is 2.25. The van der Waals surface area contributed by atoms with Gasteiger partial charge in [-0.2, -0.15) is 0 Å². The van der Waals surface area contributed by atoms with Crippen LogP contribution in [0.2, 0.25) is 0 Å². The van der Waals surface area contributed by atoms with Crippen molar-refractivity contribution in [3.05, 3.63) is 30.6 Å². The van der Waals surface area contributed by atoms with Gasteiger partial charge in [0, 0.05) is 17.8 Å². The summed E-state index contributed by atoms with van der Waals surface area (Å²) < 4.78 is 0. The Kier molecular flexibility index (Phi) is 0.947. The van der Waals surface area contributed by atoms with E-state index in [-0.39, 0.29) is 5.75 Å². The van der Waals surface area contributed by atoms with Crippen LogP contribution in [0.3, 0.4) is 0 Å². The summed E-state index contributed by atoms with van der Waals surface area (Å²) in [4.78, 5) is 2.93. The van der Waals surface area contributed by atoms with Crippen LogP contribution < -0.4 is 0 Å². The van der Waals surface area contributed by atoms with Crippen LogP contribution in [0.1, 0.15) is 0 Å². The number of benzene rings is 1. The van der Waals surface area contributed by atoms with E-state index in [1.54, 1.807) is 12.1 Å². The van der Waals surface area contributed by atoms with Gasteiger partial charge in [-0.25, -0.2) is 0 Å². The molecular weight excluding hydrogens is 126 g/mol. The Morgan fingerprint density at radius 1 is 1.10 bits per heavy atom. The van der Waals surface area contributed by atoms with Gasteiger partial charge >= 0.3 is 0 Å². The molecule has 1 aromatic carbocycles. The fourth-order valence-electron chi connectivity index (χ4n) is 1.03. The summed E-state index contributed by atoms with van der Waals surface area (Å²) in [6, 6.07) is 5.00. The predicted octanol–water partition coefficient (Wildman–Crippen LogP) is 2.31. The molecule has 0 aliphatic carbocycles. The Bertz CT molecular complexity index is 351. The van der Waals surface area contributed by atoms with Gasteiger partial charge in [0.15, 0.2) is 5.75 Å². The number of aromatic nitrogens is 1. The molecule has 0 bridgehead atoms. The van der Waals surface area contributed by atoms with Crippen LogP contribution in [-0.2, 0) is 5.11 Å². The van der Waals surface area contributed by atoms with Gasteiger partial charge in [0.1, 0.15) is 0 Å². The van der Waals surface area contributed by atoms with Crippen molar-refractivity contribution in [1.29, 1.82) is 0 Å². The van der Waals surface area contributed by atoms with Crippen molar-refractivity contribution in [2.45, 2.75) is 0 Å². The van der Waals surface area contributed by atoms with E-state index in [4.69, 9.17) is 0 Å². The lowest BCUT2D eigenvalue weighted by Crippen LogP contribution is -1.61. The molecule has 0 amide bonds. The van der Waals surface area contributed by atoms with Crippen LogP contribution in [0.15, 0.2) is 30.6 Å². The highest BCUT2D eigenvalue weighted by Gasteiger charge is 1.94. The summed E-state index contributed by atoms with van der Waals surface area (Å²) in [5.41, 5.74) is 0. The molecule has 2 heteroatoms. The number of hydrogen-bond donors (Lipinski definition) is 1. The minimum Gasteiger partial charge on any atom is -0.366 e. The zero-order valence-corrected chi connectivity index (χ0v) is 5.29. The minimum absolute atomic E-state index is 0.0621. The van der Waals surface area contributed by atoms with Crippen molar-refractivity contribution in [3.8, 4) is 5.75 Å². The maximum absolute atomic E-state index is 10.8. The Morgan fingerprint density at radius 3 is 2.80 bits per heavy atom. The van der Waals surface area contributed by atoms with Crippen molar-refractivity contribution < 1.29 is 5.11 Å². The molecule has 0 saturated heterocycles. The second-order valence-electron chi connectivity index (χ2n) is 2.25. The SMILES string of the molecule is [O]c1ccc2c[nH]cc2c1. The van der Waals surface area contributed by atoms with Crippen LogP contribution in [0.25, 0.3) is 10.8 Å². The van der Waals surface area contributed by atoms with Crippen molar-refractivity contribution in [2.75, 3.05) is 0 Å². The van der Waals surface area contributed by atoms with Gasteiger partial charge in [-0.15, -0.1) is 0 Å². The average Bonchev–Trinajstić information content (AvgIpc) is 2.33. The summed E-state index contributed by atoms with van der Waals surface area (Å²) in [7, 11) is 0. The van der Waals surface area contributed by atoms with Crippen LogP contribution in [-0.4, -0.2) is 4.98 Å². The average molecular weight is 132 g/mol. The van der Waals surface area contributed by atoms with Gasteiger partial charge < -0.3 is 4.98 Å². The Morgan fingerprint density at radius 2 is 1.90 bits per heavy atom. The molecule has 0 saturated carbocycles. The molecule has 0 fully saturated rings. The summed E-state index contributed by atoms with van der Waals surface area (Å²) in [5, 5.41) is 12.8. The molecule has 1 N–H and O–H groups in total. The molecule has 0 spiro atoms. The highest BCUT2D eigenvalue weighted by molar-refractivity contribution is 5.83. The first kappa shape index (κ1) is 5.35. The Balaban J connectivity index is 2.86. The molecule has 0 aliphatic heterocycles. The molecule has 2 nitrogen and oxygen atoms in total. The predicted molar refractivity (Wildman–Crippen MR) is 38.4 cm³/mol. The van der Waals surface area contributed by atoms with Gasteiger partial charge in [0.05, 0.1) is 0 Å². The van der Waals surface area contributed by atoms with Gasteiger partial charge in [0.25, 0.3) is 0 Å². The Hall–Kier alpha value is -1.44. The standard InChI is InChI=1S/C8H6NO/c10-8-2-1-6-4-9-5-7(6)3-8/h1-5,9H. The van der Waals surface area contributed by atoms with Crippen molar-refractivity contribution in [1.82, 2.24) is 4.98 Å². The van der Waals surface area contributed by atoms with E-state index in [9.17, 15) is 5.11 Å². The molecule has 2 rings (SSSR count). The maximum atomic E-state index is 10.8. The molecule has 1 radical (unpaired) electrons. The van der Waals surface area contributed by atoms with Crippen LogP contribution in [0.4, 0.5) is 0 Å². The number of hydrogen-bond acceptors (Lipinski definition) is 0. The van der Waals surface area contributed by atoms with Gasteiger partial charge in [0.2, 0.25) is 0 Å². The van der Waals surface area contributed by atoms with Gasteiger partial charge in [-0.1, -0.05) is 0 Å². The number of aromatic amines is 1. The van der Waals surface area contributed by atoms with Gasteiger partial charge in [-0.3, -0.25) is 5.11 Å². The number of fused-ring (bicyclic) bond motifs is 1. The molecule has 0 aliphatic rings. The molecule has 49 valence electrons. The first-order valence-corrected chi connectivity index (χ1v) is 3.10. The highest BCUT2D eigenvalue weighted by Crippen LogP contribution is 2.18. The third kappa shape index (κ3) is 0.658. The van der Waals surface area contributed by atoms with Gasteiger partial charge in [-0.05, 0) is 23.6 Å². The van der Waals surface area contributed by atoms with E-state index in [0.717, 1.165) is 10.8 Å². The smallest absolute Gasteiger partial charge is 0.179 e. The van der Waals surface area contributed by atoms with E-state index in [1.807, 2.05) is 18.5 Å². The van der Waals surface area contributed by atoms with E-state index in [0.29, 0.717) is 0 Å². The molecule has 1 aromatic heterocycles. The zero-order valence-electron chi connectivity index (χ0n) is 5.29. The summed E-state index contributed by atoms with van der Waals surface area (Å²) in [6.45, 7) is 0. The number of H-pyrrole nitrogens is 1. The lowest BCUT2D eigenvalue weighted by molar-refractivity contribution is 0.355. The van der Waals surface area contributed by atoms with Crippen molar-refractivity contribution in [2.24, 2.45) is 0 Å². The van der Waals surface area contributed by atoms with Crippen LogP contribution in [0, 0.1) is 0 Å². The van der Waals surface area contributed by atoms with E-state index in [2.05, 4.69) is 4.98 Å². The first-order chi connectivity index (χ1) is 4.86. The van der Waals surface area contributed by atoms with Crippen molar-refractivity contribution >= 4 is 10.8 Å². The third-order valence-electron chi connectivity index (χ3n) is 1.54. The molecular formula is C8H6NO. The zero-order chi connectivity index (χ0) is 6.97. The minimum atomic E-state index is 0.0621. The van der Waals surface area contributed by atoms with Crippen molar-refractivity contribution in [3.63, 3.8) is 0 Å². The van der Waals surface area contributed by atoms with Crippen LogP contribution >= 0.6 is 0 Å². The molecule has 2 aromatic rings. The second kappa shape index (κ2) is 1.77. The molecule has 0 unspecified atom stereocenters. The number of rotatable bonds is 0. The summed E-state index contributed by atoms with van der Waals surface area (Å²) in [5.74, 6) is 0.0621. The quantitative estimate of drug-likeness (QED) is 0.571. The highest BCUT2D eigenvalue weighted by atomic mass is 16.3. The largest absolute Gasteiger partial charge is 0.366 e. The van der Waals surface area contributed by atoms with E-state index >= 15 is 0 Å². The number of nitrogens with one attached hydrogen (secondary N) is 1. The van der Waals surface area contributed by atoms with E-state index < -0.39 is 0 Å². The Labute approximate surface area is 58.1 Å². The maximum Gasteiger partial charge on any atom is 0.179 e. The third-order valence-corrected chi connectivity index (χ3v) is 1.54. The molecule has 0 atom stereocenters. The van der Waals surface area contributed by atoms with E-state index in [1.165, 1.54) is 0 Å². The first-order valence-electron chi connectivity index (χ1n) is 3.10. The normalized spacial score (nSPS) is 10.4. The topological polar surface area (TPSA) is 35.7 Å². The molecule has 10 heavy (non-hydrogen) atoms. The lowest BCUT2D eigenvalue weighted by Gasteiger charge is -1.86. The summed E-state index contributed by atoms with van der Waals surface area (Å²) >= 11 is 0.